The molecule has 0 fully saturated rings. The van der Waals surface area contributed by atoms with Crippen molar-refractivity contribution in [3.05, 3.63) is 35.4 Å². The Balaban J connectivity index is 2.48. The van der Waals surface area contributed by atoms with Gasteiger partial charge in [-0.25, -0.2) is 0 Å². The number of alkyl halides is 4. The monoisotopic (exact) mass is 278 g/mol. The van der Waals surface area contributed by atoms with Crippen LogP contribution >= 0.6 is 11.6 Å². The number of hydrogen-bond acceptors (Lipinski definition) is 0. The molecule has 0 heterocycles. The molecule has 0 aliphatic carbocycles. The Kier molecular flexibility index (Phi) is 6.00. The highest BCUT2D eigenvalue weighted by molar-refractivity contribution is 6.20. The number of benzene rings is 1. The fraction of sp³-hybridized carbons (Fsp3) is 0.571. The topological polar surface area (TPSA) is 0 Å². The molecule has 1 aromatic carbocycles. The Hall–Kier alpha value is -0.700. The lowest BCUT2D eigenvalue weighted by Gasteiger charge is -2.10. The first kappa shape index (κ1) is 15.4. The third-order valence-corrected chi connectivity index (χ3v) is 3.28. The lowest BCUT2D eigenvalue weighted by Crippen LogP contribution is -2.05. The molecule has 0 aromatic heterocycles. The predicted molar refractivity (Wildman–Crippen MR) is 68.9 cm³/mol. The van der Waals surface area contributed by atoms with Crippen molar-refractivity contribution >= 4 is 11.6 Å². The van der Waals surface area contributed by atoms with Crippen molar-refractivity contribution in [3.63, 3.8) is 0 Å². The minimum atomic E-state index is -4.26. The third-order valence-electron chi connectivity index (χ3n) is 2.84. The Morgan fingerprint density at radius 3 is 2.56 bits per heavy atom. The van der Waals surface area contributed by atoms with E-state index >= 15 is 0 Å². The molecule has 0 radical (unpaired) electrons. The van der Waals surface area contributed by atoms with Gasteiger partial charge in [-0.15, -0.1) is 11.6 Å². The maximum Gasteiger partial charge on any atom is 0.416 e. The van der Waals surface area contributed by atoms with Gasteiger partial charge in [-0.3, -0.25) is 0 Å². The number of aryl methyl sites for hydroxylation is 1. The molecular weight excluding hydrogens is 261 g/mol. The molecule has 1 atom stereocenters. The lowest BCUT2D eigenvalue weighted by atomic mass is 10.0. The first-order valence-corrected chi connectivity index (χ1v) is 6.67. The number of hydrogen-bond donors (Lipinski definition) is 0. The summed E-state index contributed by atoms with van der Waals surface area (Å²) >= 11 is 6.07. The van der Waals surface area contributed by atoms with Gasteiger partial charge in [0.15, 0.2) is 0 Å². The summed E-state index contributed by atoms with van der Waals surface area (Å²) in [5.41, 5.74) is 0.154. The van der Waals surface area contributed by atoms with Gasteiger partial charge in [-0.2, -0.15) is 13.2 Å². The summed E-state index contributed by atoms with van der Waals surface area (Å²) in [5.74, 6) is 0. The minimum absolute atomic E-state index is 0.140. The van der Waals surface area contributed by atoms with Crippen molar-refractivity contribution < 1.29 is 13.2 Å². The van der Waals surface area contributed by atoms with Gasteiger partial charge in [0.1, 0.15) is 0 Å². The van der Waals surface area contributed by atoms with E-state index in [0.29, 0.717) is 6.42 Å². The Labute approximate surface area is 111 Å². The normalized spacial score (nSPS) is 13.6. The molecule has 18 heavy (non-hydrogen) atoms. The van der Waals surface area contributed by atoms with E-state index in [1.54, 1.807) is 6.07 Å². The Bertz CT molecular complexity index is 360. The maximum absolute atomic E-state index is 12.5. The van der Waals surface area contributed by atoms with Gasteiger partial charge in [0.2, 0.25) is 0 Å². The average molecular weight is 279 g/mol. The summed E-state index contributed by atoms with van der Waals surface area (Å²) in [6.07, 6.45) is 0.0765. The van der Waals surface area contributed by atoms with Crippen LogP contribution in [0, 0.1) is 0 Å². The molecule has 0 saturated carbocycles. The lowest BCUT2D eigenvalue weighted by molar-refractivity contribution is -0.137. The van der Waals surface area contributed by atoms with E-state index in [9.17, 15) is 13.2 Å². The number of halogens is 4. The molecule has 1 aromatic rings. The zero-order chi connectivity index (χ0) is 13.6. The predicted octanol–water partition coefficient (Wildman–Crippen LogP) is 5.44. The number of rotatable bonds is 6. The summed E-state index contributed by atoms with van der Waals surface area (Å²) in [5, 5.41) is 0.140. The zero-order valence-corrected chi connectivity index (χ0v) is 11.2. The van der Waals surface area contributed by atoms with Crippen molar-refractivity contribution in [2.45, 2.75) is 50.6 Å². The van der Waals surface area contributed by atoms with Crippen LogP contribution in [0.5, 0.6) is 0 Å². The van der Waals surface area contributed by atoms with E-state index in [-0.39, 0.29) is 5.38 Å². The molecule has 0 saturated heterocycles. The first-order chi connectivity index (χ1) is 8.43. The van der Waals surface area contributed by atoms with Gasteiger partial charge in [0.25, 0.3) is 0 Å². The smallest absolute Gasteiger partial charge is 0.166 e. The molecule has 0 nitrogen and oxygen atoms in total. The molecule has 4 heteroatoms. The summed E-state index contributed by atoms with van der Waals surface area (Å²) in [6.45, 7) is 2.07. The minimum Gasteiger partial charge on any atom is -0.166 e. The van der Waals surface area contributed by atoms with Crippen molar-refractivity contribution in [2.24, 2.45) is 0 Å². The molecule has 1 rings (SSSR count). The van der Waals surface area contributed by atoms with Gasteiger partial charge < -0.3 is 0 Å². The van der Waals surface area contributed by atoms with E-state index in [1.165, 1.54) is 12.1 Å². The molecule has 0 amide bonds. The van der Waals surface area contributed by atoms with Crippen LogP contribution < -0.4 is 0 Å². The Morgan fingerprint density at radius 2 is 1.94 bits per heavy atom. The highest BCUT2D eigenvalue weighted by atomic mass is 35.5. The molecule has 0 aliphatic heterocycles. The van der Waals surface area contributed by atoms with Crippen molar-refractivity contribution in [3.8, 4) is 0 Å². The van der Waals surface area contributed by atoms with Crippen molar-refractivity contribution in [2.75, 3.05) is 0 Å². The molecule has 0 N–H and O–H groups in total. The maximum atomic E-state index is 12.5. The van der Waals surface area contributed by atoms with Gasteiger partial charge >= 0.3 is 6.18 Å². The fourth-order valence-corrected chi connectivity index (χ4v) is 2.26. The largest absolute Gasteiger partial charge is 0.416 e. The van der Waals surface area contributed by atoms with Crippen LogP contribution in [0.3, 0.4) is 0 Å². The summed E-state index contributed by atoms with van der Waals surface area (Å²) in [6, 6.07) is 5.52. The van der Waals surface area contributed by atoms with E-state index in [4.69, 9.17) is 11.6 Å². The molecule has 0 spiro atoms. The van der Waals surface area contributed by atoms with E-state index in [2.05, 4.69) is 6.92 Å². The van der Waals surface area contributed by atoms with Crippen LogP contribution in [0.25, 0.3) is 0 Å². The second-order valence-corrected chi connectivity index (χ2v) is 5.09. The standard InChI is InChI=1S/C14H18ClF3/c1-2-5-13(15)9-4-7-11-6-3-8-12(10-11)14(16,17)18/h3,6,8,10,13H,2,4-5,7,9H2,1H3. The van der Waals surface area contributed by atoms with Crippen molar-refractivity contribution in [1.29, 1.82) is 0 Å². The van der Waals surface area contributed by atoms with E-state index < -0.39 is 11.7 Å². The fourth-order valence-electron chi connectivity index (χ4n) is 1.89. The average Bonchev–Trinajstić information content (AvgIpc) is 2.29. The van der Waals surface area contributed by atoms with Crippen LogP contribution in [-0.2, 0) is 12.6 Å². The first-order valence-electron chi connectivity index (χ1n) is 6.23. The second-order valence-electron chi connectivity index (χ2n) is 4.48. The summed E-state index contributed by atoms with van der Waals surface area (Å²) in [7, 11) is 0. The van der Waals surface area contributed by atoms with Crippen LogP contribution in [0.4, 0.5) is 13.2 Å². The van der Waals surface area contributed by atoms with Gasteiger partial charge in [-0.05, 0) is 37.3 Å². The molecule has 0 aliphatic rings. The van der Waals surface area contributed by atoms with Gasteiger partial charge in [0.05, 0.1) is 5.56 Å². The SMILES string of the molecule is CCCC(Cl)CCCc1cccc(C(F)(F)F)c1. The van der Waals surface area contributed by atoms with Gasteiger partial charge in [-0.1, -0.05) is 31.5 Å². The van der Waals surface area contributed by atoms with Gasteiger partial charge in [0, 0.05) is 5.38 Å². The molecular formula is C14H18ClF3. The van der Waals surface area contributed by atoms with Crippen LogP contribution in [-0.4, -0.2) is 5.38 Å². The van der Waals surface area contributed by atoms with Crippen LogP contribution in [0.1, 0.15) is 43.7 Å². The van der Waals surface area contributed by atoms with Crippen LogP contribution in [0.15, 0.2) is 24.3 Å². The zero-order valence-electron chi connectivity index (χ0n) is 10.4. The molecule has 0 bridgehead atoms. The highest BCUT2D eigenvalue weighted by Crippen LogP contribution is 2.29. The molecule has 102 valence electrons. The van der Waals surface area contributed by atoms with E-state index in [0.717, 1.165) is 37.3 Å². The Morgan fingerprint density at radius 1 is 1.22 bits per heavy atom. The van der Waals surface area contributed by atoms with Crippen molar-refractivity contribution in [1.82, 2.24) is 0 Å². The van der Waals surface area contributed by atoms with Crippen LogP contribution in [0.2, 0.25) is 0 Å². The van der Waals surface area contributed by atoms with E-state index in [1.807, 2.05) is 0 Å². The highest BCUT2D eigenvalue weighted by Gasteiger charge is 2.30. The summed E-state index contributed by atoms with van der Waals surface area (Å²) in [4.78, 5) is 0. The second kappa shape index (κ2) is 7.03. The summed E-state index contributed by atoms with van der Waals surface area (Å²) < 4.78 is 37.5. The molecule has 1 unspecified atom stereocenters. The third kappa shape index (κ3) is 5.30. The quantitative estimate of drug-likeness (QED) is 0.608.